The van der Waals surface area contributed by atoms with E-state index in [0.717, 1.165) is 36.3 Å². The van der Waals surface area contributed by atoms with Gasteiger partial charge in [-0.15, -0.1) is 0 Å². The van der Waals surface area contributed by atoms with Gasteiger partial charge in [0.15, 0.2) is 0 Å². The Morgan fingerprint density at radius 2 is 2.10 bits per heavy atom. The van der Waals surface area contributed by atoms with Gasteiger partial charge in [0.25, 0.3) is 0 Å². The van der Waals surface area contributed by atoms with Crippen LogP contribution in [0.5, 0.6) is 0 Å². The average Bonchev–Trinajstić information content (AvgIpc) is 3.02. The molecule has 152 valence electrons. The van der Waals surface area contributed by atoms with Crippen molar-refractivity contribution in [2.24, 2.45) is 27.1 Å². The predicted octanol–water partition coefficient (Wildman–Crippen LogP) is 3.02. The van der Waals surface area contributed by atoms with Crippen molar-refractivity contribution in [3.8, 4) is 0 Å². The Labute approximate surface area is 170 Å². The summed E-state index contributed by atoms with van der Waals surface area (Å²) in [7, 11) is 0. The lowest BCUT2D eigenvalue weighted by molar-refractivity contribution is -0.0194. The molecular weight excluding hydrogens is 364 g/mol. The summed E-state index contributed by atoms with van der Waals surface area (Å²) in [6.07, 6.45) is 3.02. The molecule has 0 amide bonds. The second-order valence-electron chi connectivity index (χ2n) is 9.38. The quantitative estimate of drug-likeness (QED) is 0.683. The number of aromatic nitrogens is 1. The van der Waals surface area contributed by atoms with Crippen molar-refractivity contribution in [3.63, 3.8) is 0 Å². The van der Waals surface area contributed by atoms with Crippen LogP contribution in [-0.4, -0.2) is 39.5 Å². The van der Waals surface area contributed by atoms with E-state index >= 15 is 0 Å². The van der Waals surface area contributed by atoms with Gasteiger partial charge in [0.2, 0.25) is 0 Å². The Balaban J connectivity index is 1.35. The van der Waals surface area contributed by atoms with Crippen LogP contribution in [0.2, 0.25) is 0 Å². The third-order valence-corrected chi connectivity index (χ3v) is 7.59. The van der Waals surface area contributed by atoms with Crippen molar-refractivity contribution in [1.29, 1.82) is 0 Å². The lowest BCUT2D eigenvalue weighted by atomic mass is 9.84. The van der Waals surface area contributed by atoms with Gasteiger partial charge in [-0.1, -0.05) is 12.1 Å². The van der Waals surface area contributed by atoms with Crippen molar-refractivity contribution in [3.05, 3.63) is 47.7 Å². The molecule has 1 aliphatic heterocycles. The summed E-state index contributed by atoms with van der Waals surface area (Å²) >= 11 is 0. The summed E-state index contributed by atoms with van der Waals surface area (Å²) < 4.78 is 1.97. The number of amidine groups is 1. The normalized spacial score (nSPS) is 33.9. The molecule has 1 aromatic carbocycles. The summed E-state index contributed by atoms with van der Waals surface area (Å²) in [6, 6.07) is 10.0. The molecule has 29 heavy (non-hydrogen) atoms. The molecule has 4 N–H and O–H groups in total. The second-order valence-corrected chi connectivity index (χ2v) is 9.38. The maximum absolute atomic E-state index is 10.9. The van der Waals surface area contributed by atoms with Gasteiger partial charge in [0.1, 0.15) is 17.8 Å². The minimum atomic E-state index is -0.785. The molecule has 2 heterocycles. The lowest BCUT2D eigenvalue weighted by Crippen LogP contribution is -2.34. The number of nitrogens with two attached hydrogens (primary N) is 1. The largest absolute Gasteiger partial charge is 0.390 e. The van der Waals surface area contributed by atoms with E-state index in [0.29, 0.717) is 5.84 Å². The summed E-state index contributed by atoms with van der Waals surface area (Å²) in [6.45, 7) is 7.81. The number of aliphatic hydroxyl groups is 2. The van der Waals surface area contributed by atoms with Crippen molar-refractivity contribution >= 4 is 24.1 Å². The van der Waals surface area contributed by atoms with Crippen molar-refractivity contribution in [1.82, 2.24) is 4.57 Å². The molecular formula is C23H28N4O2. The van der Waals surface area contributed by atoms with E-state index in [2.05, 4.69) is 48.7 Å². The van der Waals surface area contributed by atoms with Crippen LogP contribution in [0, 0.1) is 11.3 Å². The molecule has 0 spiro atoms. The van der Waals surface area contributed by atoms with E-state index in [-0.39, 0.29) is 22.8 Å². The number of rotatable bonds is 5. The first-order valence-electron chi connectivity index (χ1n) is 10.3. The fraction of sp³-hybridized carbons (Fsp3) is 0.478. The van der Waals surface area contributed by atoms with E-state index in [9.17, 15) is 10.2 Å². The zero-order valence-corrected chi connectivity index (χ0v) is 16.9. The lowest BCUT2D eigenvalue weighted by Gasteiger charge is -2.25. The molecule has 3 aliphatic rings. The zero-order chi connectivity index (χ0) is 20.6. The monoisotopic (exact) mass is 392 g/mol. The molecule has 1 aromatic heterocycles. The maximum atomic E-state index is 10.9. The van der Waals surface area contributed by atoms with Crippen LogP contribution in [0.15, 0.2) is 46.5 Å². The highest BCUT2D eigenvalue weighted by Gasteiger charge is 2.70. The van der Waals surface area contributed by atoms with Gasteiger partial charge in [-0.3, -0.25) is 0 Å². The highest BCUT2D eigenvalue weighted by molar-refractivity contribution is 5.98. The molecule has 2 saturated carbocycles. The average molecular weight is 393 g/mol. The zero-order valence-electron chi connectivity index (χ0n) is 16.9. The number of aliphatic imine (C=N–C) groups is 2. The molecule has 6 heteroatoms. The van der Waals surface area contributed by atoms with Crippen molar-refractivity contribution in [2.75, 3.05) is 0 Å². The number of fused-ring (bicyclic) bond motifs is 2. The number of benzene rings is 1. The topological polar surface area (TPSA) is 96.1 Å². The van der Waals surface area contributed by atoms with Gasteiger partial charge in [0, 0.05) is 17.0 Å². The molecule has 5 rings (SSSR count). The van der Waals surface area contributed by atoms with Crippen LogP contribution in [0.4, 0.5) is 11.5 Å². The van der Waals surface area contributed by atoms with Crippen LogP contribution in [0.1, 0.15) is 43.9 Å². The van der Waals surface area contributed by atoms with Crippen LogP contribution in [0.3, 0.4) is 0 Å². The van der Waals surface area contributed by atoms with Crippen molar-refractivity contribution < 1.29 is 10.2 Å². The Hall–Kier alpha value is -2.44. The number of hydrogen-bond donors (Lipinski definition) is 3. The number of aryl methyl sites for hydroxylation is 1. The molecule has 2 aromatic rings. The number of aliphatic hydroxyl groups excluding tert-OH is 2. The van der Waals surface area contributed by atoms with Gasteiger partial charge in [0.05, 0.1) is 17.8 Å². The first-order chi connectivity index (χ1) is 13.8. The fourth-order valence-electron chi connectivity index (χ4n) is 5.62. The van der Waals surface area contributed by atoms with Crippen LogP contribution >= 0.6 is 0 Å². The van der Waals surface area contributed by atoms with Crippen LogP contribution in [0.25, 0.3) is 0 Å². The molecule has 0 bridgehead atoms. The molecule has 6 nitrogen and oxygen atoms in total. The van der Waals surface area contributed by atoms with Crippen LogP contribution in [-0.2, 0) is 11.8 Å². The second kappa shape index (κ2) is 6.03. The maximum Gasteiger partial charge on any atom is 0.132 e. The summed E-state index contributed by atoms with van der Waals surface area (Å²) in [5.74, 6) is 1.64. The first kappa shape index (κ1) is 18.6. The Bertz CT molecular complexity index is 1020. The summed E-state index contributed by atoms with van der Waals surface area (Å²) in [5.41, 5.74) is 8.96. The molecule has 0 radical (unpaired) electrons. The van der Waals surface area contributed by atoms with E-state index in [1.54, 1.807) is 0 Å². The fourth-order valence-corrected chi connectivity index (χ4v) is 5.62. The Morgan fingerprint density at radius 1 is 1.31 bits per heavy atom. The predicted molar refractivity (Wildman–Crippen MR) is 114 cm³/mol. The molecule has 0 saturated heterocycles. The standard InChI is InChI=1S/C23H28N4O2/c1-22(2)14-7-6-13(11-16(14)26-21(22)24)8-9-23-12-15(23)18(19(28)20(23)29)27-10-4-5-17(27)25-3/h4-7,10-11,15,18-20,28-29H,3,8-9,12H2,1-2H3,(H2,24,26)/t15-,18-,19+,20+,23?/m1/s1. The van der Waals surface area contributed by atoms with Gasteiger partial charge in [-0.25, -0.2) is 9.98 Å². The molecule has 5 atom stereocenters. The van der Waals surface area contributed by atoms with E-state index in [1.165, 1.54) is 5.56 Å². The Kier molecular flexibility index (Phi) is 3.86. The smallest absolute Gasteiger partial charge is 0.132 e. The third kappa shape index (κ3) is 2.49. The number of nitrogens with zero attached hydrogens (tertiary/aromatic N) is 3. The van der Waals surface area contributed by atoms with Gasteiger partial charge < -0.3 is 20.5 Å². The van der Waals surface area contributed by atoms with E-state index in [4.69, 9.17) is 5.73 Å². The first-order valence-corrected chi connectivity index (χ1v) is 10.3. The molecule has 2 fully saturated rings. The Morgan fingerprint density at radius 3 is 2.86 bits per heavy atom. The molecule has 2 aliphatic carbocycles. The van der Waals surface area contributed by atoms with Gasteiger partial charge in [-0.05, 0) is 75.1 Å². The van der Waals surface area contributed by atoms with Crippen LogP contribution < -0.4 is 5.73 Å². The highest BCUT2D eigenvalue weighted by atomic mass is 16.3. The van der Waals surface area contributed by atoms with E-state index < -0.39 is 12.2 Å². The molecule has 1 unspecified atom stereocenters. The minimum Gasteiger partial charge on any atom is -0.390 e. The summed E-state index contributed by atoms with van der Waals surface area (Å²) in [4.78, 5) is 8.60. The SMILES string of the molecule is C=Nc1cccn1[C@H]1[C@H](O)[C@H](O)C2(CCc3ccc4c(c3)N=C(N)C4(C)C)C[C@H]12. The van der Waals surface area contributed by atoms with Gasteiger partial charge in [-0.2, -0.15) is 0 Å². The van der Waals surface area contributed by atoms with Crippen molar-refractivity contribution in [2.45, 2.75) is 56.8 Å². The van der Waals surface area contributed by atoms with E-state index in [1.807, 2.05) is 22.9 Å². The van der Waals surface area contributed by atoms with Gasteiger partial charge >= 0.3 is 0 Å². The number of hydrogen-bond acceptors (Lipinski definition) is 5. The highest BCUT2D eigenvalue weighted by Crippen LogP contribution is 2.70. The minimum absolute atomic E-state index is 0.147. The summed E-state index contributed by atoms with van der Waals surface area (Å²) in [5, 5.41) is 21.6. The third-order valence-electron chi connectivity index (χ3n) is 7.59.